The van der Waals surface area contributed by atoms with Gasteiger partial charge < -0.3 is 20.5 Å². The Labute approximate surface area is 131 Å². The lowest BCUT2D eigenvalue weighted by atomic mass is 10.3. The number of thiophene rings is 1. The molecule has 1 heterocycles. The van der Waals surface area contributed by atoms with Crippen LogP contribution in [0.15, 0.2) is 35.7 Å². The molecule has 0 aliphatic carbocycles. The van der Waals surface area contributed by atoms with Crippen LogP contribution in [0.3, 0.4) is 0 Å². The van der Waals surface area contributed by atoms with Crippen molar-refractivity contribution in [1.82, 2.24) is 0 Å². The van der Waals surface area contributed by atoms with E-state index >= 15 is 0 Å². The highest BCUT2D eigenvalue weighted by Crippen LogP contribution is 2.23. The lowest BCUT2D eigenvalue weighted by molar-refractivity contribution is 0.103. The fourth-order valence-corrected chi connectivity index (χ4v) is 2.36. The fourth-order valence-electron chi connectivity index (χ4n) is 1.56. The summed E-state index contributed by atoms with van der Waals surface area (Å²) >= 11 is 6.07. The van der Waals surface area contributed by atoms with Gasteiger partial charge in [-0.2, -0.15) is 0 Å². The highest BCUT2D eigenvalue weighted by atomic mass is 32.1. The standard InChI is InChI=1S/C14H14N2O3S2/c1-18-11-6-12(21-8-11)14(17)16-9-3-2-4-10(5-9)19-7-13(15)20/h2-6,8H,7H2,1H3,(H2,15,20)(H,16,17). The predicted molar refractivity (Wildman–Crippen MR) is 87.5 cm³/mol. The zero-order valence-electron chi connectivity index (χ0n) is 11.3. The van der Waals surface area contributed by atoms with Gasteiger partial charge in [0.2, 0.25) is 0 Å². The van der Waals surface area contributed by atoms with E-state index in [9.17, 15) is 4.79 Å². The summed E-state index contributed by atoms with van der Waals surface area (Å²) in [6.07, 6.45) is 0. The van der Waals surface area contributed by atoms with Crippen LogP contribution >= 0.6 is 23.6 Å². The molecule has 2 aromatic rings. The molecule has 0 spiro atoms. The molecule has 0 aliphatic heterocycles. The molecular formula is C14H14N2O3S2. The highest BCUT2D eigenvalue weighted by molar-refractivity contribution is 7.80. The second-order valence-electron chi connectivity index (χ2n) is 4.09. The van der Waals surface area contributed by atoms with Crippen LogP contribution in [0.2, 0.25) is 0 Å². The number of nitrogens with one attached hydrogen (secondary N) is 1. The van der Waals surface area contributed by atoms with Crippen molar-refractivity contribution in [2.45, 2.75) is 0 Å². The van der Waals surface area contributed by atoms with Crippen molar-refractivity contribution in [3.05, 3.63) is 40.6 Å². The molecular weight excluding hydrogens is 308 g/mol. The lowest BCUT2D eigenvalue weighted by Gasteiger charge is -2.08. The Kier molecular flexibility index (Phi) is 5.13. The monoisotopic (exact) mass is 322 g/mol. The Balaban J connectivity index is 2.03. The topological polar surface area (TPSA) is 73.6 Å². The molecule has 0 bridgehead atoms. The number of thiocarbonyl (C=S) groups is 1. The number of hydrogen-bond acceptors (Lipinski definition) is 5. The second-order valence-corrected chi connectivity index (χ2v) is 5.52. The molecule has 0 aliphatic rings. The number of hydrogen-bond donors (Lipinski definition) is 2. The van der Waals surface area contributed by atoms with Gasteiger partial charge in [-0.15, -0.1) is 11.3 Å². The molecule has 21 heavy (non-hydrogen) atoms. The molecule has 3 N–H and O–H groups in total. The first kappa shape index (κ1) is 15.3. The summed E-state index contributed by atoms with van der Waals surface area (Å²) in [6, 6.07) is 8.71. The van der Waals surface area contributed by atoms with Gasteiger partial charge in [0.05, 0.1) is 12.0 Å². The number of ether oxygens (including phenoxy) is 2. The lowest BCUT2D eigenvalue weighted by Crippen LogP contribution is -2.18. The van der Waals surface area contributed by atoms with E-state index in [1.165, 1.54) is 11.3 Å². The Bertz CT molecular complexity index is 655. The maximum atomic E-state index is 12.1. The summed E-state index contributed by atoms with van der Waals surface area (Å²) in [5.74, 6) is 1.05. The molecule has 7 heteroatoms. The fraction of sp³-hybridized carbons (Fsp3) is 0.143. The Morgan fingerprint density at radius 3 is 2.86 bits per heavy atom. The van der Waals surface area contributed by atoms with E-state index in [4.69, 9.17) is 27.4 Å². The largest absolute Gasteiger partial charge is 0.496 e. The second kappa shape index (κ2) is 7.05. The first-order chi connectivity index (χ1) is 10.1. The van der Waals surface area contributed by atoms with Gasteiger partial charge in [0.1, 0.15) is 23.1 Å². The number of methoxy groups -OCH3 is 1. The highest BCUT2D eigenvalue weighted by Gasteiger charge is 2.10. The number of carbonyl (C=O) groups excluding carboxylic acids is 1. The van der Waals surface area contributed by atoms with Crippen LogP contribution < -0.4 is 20.5 Å². The molecule has 110 valence electrons. The number of anilines is 1. The van der Waals surface area contributed by atoms with Crippen molar-refractivity contribution in [2.75, 3.05) is 19.0 Å². The van der Waals surface area contributed by atoms with Crippen molar-refractivity contribution in [3.8, 4) is 11.5 Å². The van der Waals surface area contributed by atoms with E-state index in [-0.39, 0.29) is 17.5 Å². The normalized spacial score (nSPS) is 9.95. The zero-order valence-corrected chi connectivity index (χ0v) is 12.9. The SMILES string of the molecule is COc1csc(C(=O)Nc2cccc(OCC(N)=S)c2)c1. The third-order valence-electron chi connectivity index (χ3n) is 2.51. The third kappa shape index (κ3) is 4.44. The van der Waals surface area contributed by atoms with E-state index < -0.39 is 0 Å². The van der Waals surface area contributed by atoms with Crippen molar-refractivity contribution < 1.29 is 14.3 Å². The van der Waals surface area contributed by atoms with Crippen LogP contribution in [-0.4, -0.2) is 24.6 Å². The van der Waals surface area contributed by atoms with Gasteiger partial charge in [-0.05, 0) is 12.1 Å². The molecule has 0 saturated heterocycles. The summed E-state index contributed by atoms with van der Waals surface area (Å²) in [5.41, 5.74) is 6.01. The number of carbonyl (C=O) groups is 1. The molecule has 0 atom stereocenters. The average molecular weight is 322 g/mol. The van der Waals surface area contributed by atoms with Gasteiger partial charge in [-0.1, -0.05) is 18.3 Å². The average Bonchev–Trinajstić information content (AvgIpc) is 2.94. The van der Waals surface area contributed by atoms with Gasteiger partial charge in [-0.3, -0.25) is 4.79 Å². The van der Waals surface area contributed by atoms with Crippen LogP contribution in [0.1, 0.15) is 9.67 Å². The van der Waals surface area contributed by atoms with E-state index in [2.05, 4.69) is 5.32 Å². The van der Waals surface area contributed by atoms with E-state index in [1.54, 1.807) is 42.8 Å². The van der Waals surface area contributed by atoms with Gasteiger partial charge in [0.25, 0.3) is 5.91 Å². The van der Waals surface area contributed by atoms with Crippen molar-refractivity contribution in [3.63, 3.8) is 0 Å². The minimum Gasteiger partial charge on any atom is -0.496 e. The number of nitrogens with two attached hydrogens (primary N) is 1. The van der Waals surface area contributed by atoms with Gasteiger partial charge >= 0.3 is 0 Å². The summed E-state index contributed by atoms with van der Waals surface area (Å²) in [5, 5.41) is 4.57. The summed E-state index contributed by atoms with van der Waals surface area (Å²) in [4.78, 5) is 12.9. The Morgan fingerprint density at radius 1 is 1.38 bits per heavy atom. The maximum Gasteiger partial charge on any atom is 0.265 e. The maximum absolute atomic E-state index is 12.1. The number of amides is 1. The van der Waals surface area contributed by atoms with Crippen LogP contribution in [0, 0.1) is 0 Å². The molecule has 5 nitrogen and oxygen atoms in total. The molecule has 2 rings (SSSR count). The zero-order chi connectivity index (χ0) is 15.2. The number of rotatable bonds is 6. The Morgan fingerprint density at radius 2 is 2.19 bits per heavy atom. The van der Waals surface area contributed by atoms with E-state index in [0.717, 1.165) is 0 Å². The Hall–Kier alpha value is -2.12. The van der Waals surface area contributed by atoms with Gasteiger partial charge in [-0.25, -0.2) is 0 Å². The summed E-state index contributed by atoms with van der Waals surface area (Å²) < 4.78 is 10.4. The molecule has 0 fully saturated rings. The quantitative estimate of drug-likeness (QED) is 0.800. The molecule has 1 aromatic heterocycles. The van der Waals surface area contributed by atoms with Crippen molar-refractivity contribution >= 4 is 40.1 Å². The molecule has 1 amide bonds. The van der Waals surface area contributed by atoms with Gasteiger partial charge in [0.15, 0.2) is 0 Å². The first-order valence-corrected chi connectivity index (χ1v) is 7.32. The van der Waals surface area contributed by atoms with Crippen molar-refractivity contribution in [1.29, 1.82) is 0 Å². The van der Waals surface area contributed by atoms with Gasteiger partial charge in [0, 0.05) is 23.2 Å². The summed E-state index contributed by atoms with van der Waals surface area (Å²) in [6.45, 7) is 0.162. The summed E-state index contributed by atoms with van der Waals surface area (Å²) in [7, 11) is 1.56. The third-order valence-corrected chi connectivity index (χ3v) is 3.53. The molecule has 0 saturated carbocycles. The first-order valence-electron chi connectivity index (χ1n) is 6.03. The van der Waals surface area contributed by atoms with Crippen LogP contribution in [-0.2, 0) is 0 Å². The van der Waals surface area contributed by atoms with E-state index in [0.29, 0.717) is 22.1 Å². The van der Waals surface area contributed by atoms with Crippen LogP contribution in [0.5, 0.6) is 11.5 Å². The molecule has 0 unspecified atom stereocenters. The van der Waals surface area contributed by atoms with Crippen LogP contribution in [0.25, 0.3) is 0 Å². The molecule has 0 radical (unpaired) electrons. The molecule has 1 aromatic carbocycles. The van der Waals surface area contributed by atoms with E-state index in [1.807, 2.05) is 0 Å². The smallest absolute Gasteiger partial charge is 0.265 e. The minimum atomic E-state index is -0.199. The van der Waals surface area contributed by atoms with Crippen molar-refractivity contribution in [2.24, 2.45) is 5.73 Å². The minimum absolute atomic E-state index is 0.162. The predicted octanol–water partition coefficient (Wildman–Crippen LogP) is 2.67. The number of benzene rings is 1. The van der Waals surface area contributed by atoms with Crippen LogP contribution in [0.4, 0.5) is 5.69 Å².